The number of phenols is 1. The minimum Gasteiger partial charge on any atom is -0.507 e. The van der Waals surface area contributed by atoms with Gasteiger partial charge in [0.25, 0.3) is 5.91 Å². The smallest absolute Gasteiger partial charge is 0.259 e. The number of halogens is 2. The van der Waals surface area contributed by atoms with Gasteiger partial charge >= 0.3 is 0 Å². The molecule has 0 spiro atoms. The van der Waals surface area contributed by atoms with E-state index in [-0.39, 0.29) is 11.3 Å². The first kappa shape index (κ1) is 17.1. The van der Waals surface area contributed by atoms with Crippen molar-refractivity contribution >= 4 is 34.8 Å². The molecule has 0 aliphatic carbocycles. The normalized spacial score (nSPS) is 10.3. The van der Waals surface area contributed by atoms with Gasteiger partial charge in [-0.1, -0.05) is 47.5 Å². The molecule has 0 aromatic heterocycles. The molecule has 25 heavy (non-hydrogen) atoms. The number of rotatable bonds is 4. The second-order valence-corrected chi connectivity index (χ2v) is 5.99. The summed E-state index contributed by atoms with van der Waals surface area (Å²) in [6.45, 7) is 0. The van der Waals surface area contributed by atoms with Gasteiger partial charge in [-0.15, -0.1) is 0 Å². The lowest BCUT2D eigenvalue weighted by molar-refractivity contribution is 0.102. The number of benzene rings is 3. The van der Waals surface area contributed by atoms with Crippen LogP contribution in [0.1, 0.15) is 10.4 Å². The number of nitrogens with one attached hydrogen (secondary N) is 1. The molecule has 0 saturated carbocycles. The van der Waals surface area contributed by atoms with E-state index >= 15 is 0 Å². The predicted octanol–water partition coefficient (Wildman–Crippen LogP) is 5.74. The highest BCUT2D eigenvalue weighted by atomic mass is 35.5. The van der Waals surface area contributed by atoms with Crippen molar-refractivity contribution in [3.05, 3.63) is 82.3 Å². The molecule has 2 N–H and O–H groups in total. The van der Waals surface area contributed by atoms with Crippen molar-refractivity contribution in [3.8, 4) is 17.2 Å². The van der Waals surface area contributed by atoms with E-state index < -0.39 is 5.91 Å². The van der Waals surface area contributed by atoms with Gasteiger partial charge in [0.2, 0.25) is 0 Å². The SMILES string of the molecule is O=C(Nc1cc(Cl)ccc1Oc1ccccc1Cl)c1ccccc1O. The first-order valence-electron chi connectivity index (χ1n) is 7.36. The van der Waals surface area contributed by atoms with Crippen LogP contribution in [-0.4, -0.2) is 11.0 Å². The van der Waals surface area contributed by atoms with Gasteiger partial charge in [-0.25, -0.2) is 0 Å². The van der Waals surface area contributed by atoms with E-state index in [1.807, 2.05) is 0 Å². The number of amides is 1. The lowest BCUT2D eigenvalue weighted by Gasteiger charge is -2.14. The summed E-state index contributed by atoms with van der Waals surface area (Å²) in [5.74, 6) is 0.228. The largest absolute Gasteiger partial charge is 0.507 e. The van der Waals surface area contributed by atoms with Crippen molar-refractivity contribution in [2.45, 2.75) is 0 Å². The van der Waals surface area contributed by atoms with Crippen LogP contribution in [0.4, 0.5) is 5.69 Å². The molecule has 0 radical (unpaired) electrons. The predicted molar refractivity (Wildman–Crippen MR) is 99.0 cm³/mol. The van der Waals surface area contributed by atoms with E-state index in [1.54, 1.807) is 54.6 Å². The van der Waals surface area contributed by atoms with Gasteiger partial charge in [0.15, 0.2) is 5.75 Å². The Hall–Kier alpha value is -2.69. The molecule has 0 bridgehead atoms. The summed E-state index contributed by atoms with van der Waals surface area (Å²) in [5.41, 5.74) is 0.506. The molecule has 6 heteroatoms. The van der Waals surface area contributed by atoms with E-state index in [0.29, 0.717) is 27.2 Å². The van der Waals surface area contributed by atoms with Gasteiger partial charge in [-0.2, -0.15) is 0 Å². The van der Waals surface area contributed by atoms with E-state index in [9.17, 15) is 9.90 Å². The maximum absolute atomic E-state index is 12.4. The van der Waals surface area contributed by atoms with E-state index in [1.165, 1.54) is 12.1 Å². The Labute approximate surface area is 154 Å². The van der Waals surface area contributed by atoms with Crippen molar-refractivity contribution in [3.63, 3.8) is 0 Å². The van der Waals surface area contributed by atoms with Crippen LogP contribution in [0.2, 0.25) is 10.0 Å². The number of aromatic hydroxyl groups is 1. The Morgan fingerprint density at radius 3 is 2.40 bits per heavy atom. The molecule has 0 fully saturated rings. The summed E-state index contributed by atoms with van der Waals surface area (Å²) in [7, 11) is 0. The van der Waals surface area contributed by atoms with Gasteiger partial charge in [-0.05, 0) is 42.5 Å². The maximum atomic E-state index is 12.4. The third-order valence-corrected chi connectivity index (χ3v) is 3.94. The molecule has 4 nitrogen and oxygen atoms in total. The zero-order valence-corrected chi connectivity index (χ0v) is 14.4. The Morgan fingerprint density at radius 2 is 1.64 bits per heavy atom. The zero-order chi connectivity index (χ0) is 17.8. The minimum absolute atomic E-state index is 0.115. The van der Waals surface area contributed by atoms with Crippen LogP contribution < -0.4 is 10.1 Å². The first-order valence-corrected chi connectivity index (χ1v) is 8.11. The summed E-state index contributed by atoms with van der Waals surface area (Å²) in [6, 6.07) is 18.1. The van der Waals surface area contributed by atoms with Gasteiger partial charge in [-0.3, -0.25) is 4.79 Å². The van der Waals surface area contributed by atoms with E-state index in [0.717, 1.165) is 0 Å². The lowest BCUT2D eigenvalue weighted by Crippen LogP contribution is -2.12. The van der Waals surface area contributed by atoms with Gasteiger partial charge in [0.05, 0.1) is 16.3 Å². The Morgan fingerprint density at radius 1 is 0.920 bits per heavy atom. The summed E-state index contributed by atoms with van der Waals surface area (Å²) in [5, 5.41) is 13.4. The number of ether oxygens (including phenoxy) is 1. The molecule has 0 saturated heterocycles. The molecule has 0 aliphatic heterocycles. The fraction of sp³-hybridized carbons (Fsp3) is 0. The summed E-state index contributed by atoms with van der Waals surface area (Å²) >= 11 is 12.1. The molecule has 0 atom stereocenters. The van der Waals surface area contributed by atoms with E-state index in [4.69, 9.17) is 27.9 Å². The molecule has 0 heterocycles. The summed E-state index contributed by atoms with van der Waals surface area (Å²) < 4.78 is 5.79. The highest BCUT2D eigenvalue weighted by Gasteiger charge is 2.15. The summed E-state index contributed by atoms with van der Waals surface area (Å²) in [6.07, 6.45) is 0. The molecule has 3 aromatic carbocycles. The van der Waals surface area contributed by atoms with Crippen LogP contribution in [0.15, 0.2) is 66.7 Å². The maximum Gasteiger partial charge on any atom is 0.259 e. The van der Waals surface area contributed by atoms with Crippen LogP contribution in [0, 0.1) is 0 Å². The Bertz CT molecular complexity index is 928. The van der Waals surface area contributed by atoms with Crippen LogP contribution in [0.3, 0.4) is 0 Å². The third kappa shape index (κ3) is 4.05. The average molecular weight is 374 g/mol. The Kier molecular flexibility index (Phi) is 5.12. The van der Waals surface area contributed by atoms with E-state index in [2.05, 4.69) is 5.32 Å². The lowest BCUT2D eigenvalue weighted by atomic mass is 10.2. The molecule has 1 amide bonds. The third-order valence-electron chi connectivity index (χ3n) is 3.40. The molecular formula is C19H13Cl2NO3. The highest BCUT2D eigenvalue weighted by Crippen LogP contribution is 2.35. The summed E-state index contributed by atoms with van der Waals surface area (Å²) in [4.78, 5) is 12.4. The average Bonchev–Trinajstić information content (AvgIpc) is 2.59. The molecule has 3 aromatic rings. The van der Waals surface area contributed by atoms with Crippen LogP contribution in [-0.2, 0) is 0 Å². The molecule has 0 aliphatic rings. The van der Waals surface area contributed by atoms with Gasteiger partial charge in [0, 0.05) is 5.02 Å². The monoisotopic (exact) mass is 373 g/mol. The Balaban J connectivity index is 1.91. The molecule has 3 rings (SSSR count). The first-order chi connectivity index (χ1) is 12.0. The van der Waals surface area contributed by atoms with Crippen molar-refractivity contribution in [1.29, 1.82) is 0 Å². The number of para-hydroxylation sites is 2. The van der Waals surface area contributed by atoms with Crippen molar-refractivity contribution in [2.75, 3.05) is 5.32 Å². The number of carbonyl (C=O) groups excluding carboxylic acids is 1. The second-order valence-electron chi connectivity index (χ2n) is 5.14. The number of hydrogen-bond acceptors (Lipinski definition) is 3. The fourth-order valence-electron chi connectivity index (χ4n) is 2.19. The molecular weight excluding hydrogens is 361 g/mol. The van der Waals surface area contributed by atoms with Crippen LogP contribution in [0.25, 0.3) is 0 Å². The topological polar surface area (TPSA) is 58.6 Å². The minimum atomic E-state index is -0.482. The number of hydrogen-bond donors (Lipinski definition) is 2. The second kappa shape index (κ2) is 7.47. The van der Waals surface area contributed by atoms with Crippen LogP contribution >= 0.6 is 23.2 Å². The van der Waals surface area contributed by atoms with Crippen molar-refractivity contribution < 1.29 is 14.6 Å². The number of carbonyl (C=O) groups is 1. The van der Waals surface area contributed by atoms with Gasteiger partial charge < -0.3 is 15.2 Å². The fourth-order valence-corrected chi connectivity index (χ4v) is 2.54. The van der Waals surface area contributed by atoms with Gasteiger partial charge in [0.1, 0.15) is 11.5 Å². The van der Waals surface area contributed by atoms with Crippen LogP contribution in [0.5, 0.6) is 17.2 Å². The highest BCUT2D eigenvalue weighted by molar-refractivity contribution is 6.32. The zero-order valence-electron chi connectivity index (χ0n) is 12.9. The number of phenolic OH excluding ortho intramolecular Hbond substituents is 1. The standard InChI is InChI=1S/C19H13Cl2NO3/c20-12-9-10-18(25-17-8-4-2-6-14(17)21)15(11-12)22-19(24)13-5-1-3-7-16(13)23/h1-11,23H,(H,22,24). The molecule has 126 valence electrons. The molecule has 0 unspecified atom stereocenters. The quantitative estimate of drug-likeness (QED) is 0.612. The van der Waals surface area contributed by atoms with Crippen molar-refractivity contribution in [2.24, 2.45) is 0 Å². The number of anilines is 1. The van der Waals surface area contributed by atoms with Crippen molar-refractivity contribution in [1.82, 2.24) is 0 Å².